The van der Waals surface area contributed by atoms with Crippen LogP contribution in [0, 0.1) is 11.0 Å². The Balaban J connectivity index is 1.65. The third kappa shape index (κ3) is 4.77. The number of carboxylic acid groups (broad SMARTS) is 1. The highest BCUT2D eigenvalue weighted by molar-refractivity contribution is 7.18. The number of benzene rings is 2. The van der Waals surface area contributed by atoms with Crippen molar-refractivity contribution in [2.24, 2.45) is 5.92 Å². The largest absolute Gasteiger partial charge is 0.478 e. The minimum atomic E-state index is -0.996. The third-order valence-corrected chi connectivity index (χ3v) is 7.53. The predicted octanol–water partition coefficient (Wildman–Crippen LogP) is 6.66. The Morgan fingerprint density at radius 3 is 2.91 bits per heavy atom. The molecule has 2 N–H and O–H groups in total. The van der Waals surface area contributed by atoms with Gasteiger partial charge in [0.15, 0.2) is 5.13 Å². The molecule has 32 heavy (non-hydrogen) atoms. The van der Waals surface area contributed by atoms with Crippen LogP contribution in [0.15, 0.2) is 36.4 Å². The first-order chi connectivity index (χ1) is 15.4. The summed E-state index contributed by atoms with van der Waals surface area (Å²) in [7, 11) is 0. The number of nitrogens with zero attached hydrogens (tertiary/aromatic N) is 1. The number of hydrogen-bond acceptors (Lipinski definition) is 4. The number of thiophene rings is 1. The number of hydrogen-bond donors (Lipinski definition) is 2. The van der Waals surface area contributed by atoms with Gasteiger partial charge in [-0.1, -0.05) is 30.7 Å². The Labute approximate surface area is 197 Å². The summed E-state index contributed by atoms with van der Waals surface area (Å²) in [5, 5.41) is 14.5. The molecule has 170 valence electrons. The highest BCUT2D eigenvalue weighted by atomic mass is 35.5. The normalized spacial score (nSPS) is 17.6. The van der Waals surface area contributed by atoms with Gasteiger partial charge in [-0.05, 0) is 68.5 Å². The van der Waals surface area contributed by atoms with Gasteiger partial charge in [0.25, 0.3) is 0 Å². The van der Waals surface area contributed by atoms with Crippen LogP contribution in [0.1, 0.15) is 43.5 Å². The van der Waals surface area contributed by atoms with Crippen molar-refractivity contribution in [3.8, 4) is 11.1 Å². The first-order valence-corrected chi connectivity index (χ1v) is 12.3. The quantitative estimate of drug-likeness (QED) is 0.402. The molecular weight excluding hydrogens is 447 g/mol. The maximum atomic E-state index is 14.9. The van der Waals surface area contributed by atoms with Crippen molar-refractivity contribution in [2.45, 2.75) is 39.2 Å². The molecule has 0 radical (unpaired) electrons. The summed E-state index contributed by atoms with van der Waals surface area (Å²) in [4.78, 5) is 14.3. The number of nitrogens with one attached hydrogen (secondary N) is 1. The first kappa shape index (κ1) is 23.0. The second-order valence-electron chi connectivity index (χ2n) is 8.60. The monoisotopic (exact) mass is 474 g/mol. The maximum absolute atomic E-state index is 14.9. The number of halogens is 2. The van der Waals surface area contributed by atoms with E-state index in [2.05, 4.69) is 24.1 Å². The summed E-state index contributed by atoms with van der Waals surface area (Å²) in [5.41, 5.74) is 1.93. The van der Waals surface area contributed by atoms with Gasteiger partial charge in [-0.3, -0.25) is 0 Å². The third-order valence-electron chi connectivity index (χ3n) is 6.35. The zero-order chi connectivity index (χ0) is 22.8. The van der Waals surface area contributed by atoms with Crippen LogP contribution in [0.3, 0.4) is 0 Å². The van der Waals surface area contributed by atoms with Gasteiger partial charge in [0.1, 0.15) is 0 Å². The highest BCUT2D eigenvalue weighted by Gasteiger charge is 2.25. The molecule has 4 nitrogen and oxygen atoms in total. The Hall–Kier alpha value is -2.15. The Bertz CT molecular complexity index is 1130. The van der Waals surface area contributed by atoms with E-state index in [4.69, 9.17) is 11.6 Å². The SMILES string of the molecule is CC[C@@H](C)NC[C@H]1CCCN(c2ccc(-c3c(F)sc4cc(Cl)ccc34)cc2C(=O)O)C1. The number of carbonyl (C=O) groups is 1. The molecule has 0 spiro atoms. The molecule has 2 aromatic carbocycles. The lowest BCUT2D eigenvalue weighted by molar-refractivity contribution is 0.0697. The fourth-order valence-corrected chi connectivity index (χ4v) is 5.64. The molecule has 2 atom stereocenters. The molecule has 1 saturated heterocycles. The zero-order valence-electron chi connectivity index (χ0n) is 18.3. The van der Waals surface area contributed by atoms with Crippen LogP contribution in [0.4, 0.5) is 10.1 Å². The molecule has 7 heteroatoms. The Morgan fingerprint density at radius 1 is 1.34 bits per heavy atom. The van der Waals surface area contributed by atoms with Crippen molar-refractivity contribution < 1.29 is 14.3 Å². The Kier molecular flexibility index (Phi) is 7.03. The molecule has 0 unspecified atom stereocenters. The van der Waals surface area contributed by atoms with Gasteiger partial charge in [0.05, 0.1) is 11.3 Å². The van der Waals surface area contributed by atoms with E-state index in [0.29, 0.717) is 33.8 Å². The van der Waals surface area contributed by atoms with Crippen LogP contribution < -0.4 is 10.2 Å². The highest BCUT2D eigenvalue weighted by Crippen LogP contribution is 2.40. The molecule has 4 rings (SSSR count). The van der Waals surface area contributed by atoms with E-state index >= 15 is 0 Å². The van der Waals surface area contributed by atoms with E-state index in [1.807, 2.05) is 12.1 Å². The lowest BCUT2D eigenvalue weighted by Gasteiger charge is -2.35. The van der Waals surface area contributed by atoms with Crippen LogP contribution in [0.2, 0.25) is 5.02 Å². The number of aromatic carboxylic acids is 1. The predicted molar refractivity (Wildman–Crippen MR) is 132 cm³/mol. The molecule has 0 aliphatic carbocycles. The van der Waals surface area contributed by atoms with Crippen molar-refractivity contribution in [3.63, 3.8) is 0 Å². The molecule has 1 aromatic heterocycles. The molecule has 1 fully saturated rings. The molecule has 2 heterocycles. The smallest absolute Gasteiger partial charge is 0.337 e. The summed E-state index contributed by atoms with van der Waals surface area (Å²) in [6.45, 7) is 6.92. The average Bonchev–Trinajstić information content (AvgIpc) is 3.11. The number of fused-ring (bicyclic) bond motifs is 1. The van der Waals surface area contributed by atoms with E-state index in [1.54, 1.807) is 24.3 Å². The summed E-state index contributed by atoms with van der Waals surface area (Å²) >= 11 is 7.08. The molecule has 0 saturated carbocycles. The van der Waals surface area contributed by atoms with Crippen LogP contribution in [-0.2, 0) is 0 Å². The van der Waals surface area contributed by atoms with E-state index in [0.717, 1.165) is 60.3 Å². The lowest BCUT2D eigenvalue weighted by Crippen LogP contribution is -2.41. The molecule has 0 amide bonds. The minimum absolute atomic E-state index is 0.214. The van der Waals surface area contributed by atoms with Crippen LogP contribution in [0.25, 0.3) is 21.2 Å². The Morgan fingerprint density at radius 2 is 2.16 bits per heavy atom. The fourth-order valence-electron chi connectivity index (χ4n) is 4.41. The lowest BCUT2D eigenvalue weighted by atomic mass is 9.95. The van der Waals surface area contributed by atoms with Crippen LogP contribution in [0.5, 0.6) is 0 Å². The maximum Gasteiger partial charge on any atom is 0.337 e. The minimum Gasteiger partial charge on any atom is -0.478 e. The summed E-state index contributed by atoms with van der Waals surface area (Å²) in [6.07, 6.45) is 3.24. The van der Waals surface area contributed by atoms with Gasteiger partial charge >= 0.3 is 5.97 Å². The van der Waals surface area contributed by atoms with Gasteiger partial charge < -0.3 is 15.3 Å². The summed E-state index contributed by atoms with van der Waals surface area (Å²) < 4.78 is 15.6. The van der Waals surface area contributed by atoms with Gasteiger partial charge in [0.2, 0.25) is 0 Å². The summed E-state index contributed by atoms with van der Waals surface area (Å²) in [5.74, 6) is -0.522. The van der Waals surface area contributed by atoms with Gasteiger partial charge in [-0.2, -0.15) is 4.39 Å². The first-order valence-electron chi connectivity index (χ1n) is 11.1. The topological polar surface area (TPSA) is 52.6 Å². The van der Waals surface area contributed by atoms with E-state index in [9.17, 15) is 14.3 Å². The van der Waals surface area contributed by atoms with E-state index in [1.165, 1.54) is 0 Å². The van der Waals surface area contributed by atoms with Crippen molar-refractivity contribution in [3.05, 3.63) is 52.1 Å². The number of carboxylic acids is 1. The van der Waals surface area contributed by atoms with Gasteiger partial charge in [-0.15, -0.1) is 11.3 Å². The van der Waals surface area contributed by atoms with Gasteiger partial charge in [-0.25, -0.2) is 4.79 Å². The average molecular weight is 475 g/mol. The standard InChI is InChI=1S/C25H28ClFN2O2S/c1-3-15(2)28-13-16-5-4-10-29(14-16)21-9-6-17(11-20(21)25(30)31)23-19-8-7-18(26)12-22(19)32-24(23)27/h6-9,11-12,15-16,28H,3-5,10,13-14H2,1-2H3,(H,30,31)/t15-,16-/m1/s1. The van der Waals surface area contributed by atoms with Crippen LogP contribution >= 0.6 is 22.9 Å². The van der Waals surface area contributed by atoms with Crippen LogP contribution in [-0.4, -0.2) is 36.8 Å². The number of anilines is 1. The van der Waals surface area contributed by atoms with Crippen molar-refractivity contribution in [2.75, 3.05) is 24.5 Å². The van der Waals surface area contributed by atoms with E-state index in [-0.39, 0.29) is 10.7 Å². The molecular formula is C25H28ClFN2O2S. The van der Waals surface area contributed by atoms with Gasteiger partial charge in [0, 0.05) is 39.8 Å². The molecule has 0 bridgehead atoms. The molecule has 1 aliphatic rings. The fraction of sp³-hybridized carbons (Fsp3) is 0.400. The van der Waals surface area contributed by atoms with E-state index < -0.39 is 5.97 Å². The summed E-state index contributed by atoms with van der Waals surface area (Å²) in [6, 6.07) is 11.0. The molecule has 3 aromatic rings. The number of rotatable bonds is 7. The number of piperidine rings is 1. The van der Waals surface area contributed by atoms with Crippen molar-refractivity contribution in [1.82, 2.24) is 5.32 Å². The van der Waals surface area contributed by atoms with Crippen molar-refractivity contribution in [1.29, 1.82) is 0 Å². The molecule has 1 aliphatic heterocycles. The second-order valence-corrected chi connectivity index (χ2v) is 10.0. The zero-order valence-corrected chi connectivity index (χ0v) is 19.9. The van der Waals surface area contributed by atoms with Crippen molar-refractivity contribution >= 4 is 44.7 Å². The second kappa shape index (κ2) is 9.77.